The topological polar surface area (TPSA) is 57.7 Å². The highest BCUT2D eigenvalue weighted by Crippen LogP contribution is 2.30. The number of carbonyl (C=O) groups excluding carboxylic acids is 3. The van der Waals surface area contributed by atoms with Crippen LogP contribution in [0.15, 0.2) is 79.9 Å². The van der Waals surface area contributed by atoms with E-state index in [1.807, 2.05) is 36.4 Å². The fraction of sp³-hybridized carbons (Fsp3) is 0.138. The summed E-state index contributed by atoms with van der Waals surface area (Å²) in [6.45, 7) is 8.28. The zero-order valence-corrected chi connectivity index (χ0v) is 18.7. The minimum Gasteiger partial charge on any atom is -0.329 e. The molecule has 2 aliphatic heterocycles. The standard InChI is InChI=1S/C29H24N2O3/c1-3-19-12-9-15-24(23(19)4-2)27(32)30-17-21-11-6-5-10-20(21)16-22(30)18-31-28(33)25-13-7-8-14-26(25)29(31)34/h3-15,22H,1-2,16-18H2/t22-/m0/s1. The van der Waals surface area contributed by atoms with Crippen LogP contribution in [0.25, 0.3) is 12.2 Å². The zero-order valence-electron chi connectivity index (χ0n) is 18.7. The Morgan fingerprint density at radius 2 is 1.50 bits per heavy atom. The number of carbonyl (C=O) groups is 3. The number of nitrogens with zero attached hydrogens (tertiary/aromatic N) is 2. The second-order valence-electron chi connectivity index (χ2n) is 8.54. The van der Waals surface area contributed by atoms with E-state index >= 15 is 0 Å². The molecular weight excluding hydrogens is 424 g/mol. The van der Waals surface area contributed by atoms with E-state index in [9.17, 15) is 14.4 Å². The Morgan fingerprint density at radius 3 is 2.15 bits per heavy atom. The Bertz CT molecular complexity index is 1320. The van der Waals surface area contributed by atoms with Crippen molar-refractivity contribution in [1.29, 1.82) is 0 Å². The van der Waals surface area contributed by atoms with Crippen molar-refractivity contribution in [2.45, 2.75) is 19.0 Å². The van der Waals surface area contributed by atoms with Crippen LogP contribution in [0.3, 0.4) is 0 Å². The Labute approximate surface area is 198 Å². The van der Waals surface area contributed by atoms with Crippen LogP contribution in [-0.2, 0) is 13.0 Å². The van der Waals surface area contributed by atoms with Crippen LogP contribution >= 0.6 is 0 Å². The summed E-state index contributed by atoms with van der Waals surface area (Å²) in [6, 6.07) is 20.0. The molecule has 34 heavy (non-hydrogen) atoms. The fourth-order valence-electron chi connectivity index (χ4n) is 4.93. The summed E-state index contributed by atoms with van der Waals surface area (Å²) in [5.41, 5.74) is 5.09. The average Bonchev–Trinajstić information content (AvgIpc) is 3.12. The van der Waals surface area contributed by atoms with Crippen molar-refractivity contribution in [2.75, 3.05) is 6.54 Å². The van der Waals surface area contributed by atoms with Gasteiger partial charge < -0.3 is 4.90 Å². The number of rotatable bonds is 5. The van der Waals surface area contributed by atoms with Gasteiger partial charge in [-0.3, -0.25) is 19.3 Å². The van der Waals surface area contributed by atoms with Crippen LogP contribution in [0.2, 0.25) is 0 Å². The molecule has 0 aromatic heterocycles. The van der Waals surface area contributed by atoms with Gasteiger partial charge in [0, 0.05) is 12.1 Å². The van der Waals surface area contributed by atoms with Gasteiger partial charge in [-0.1, -0.05) is 73.8 Å². The lowest BCUT2D eigenvalue weighted by Gasteiger charge is -2.38. The third-order valence-electron chi connectivity index (χ3n) is 6.68. The molecule has 0 aliphatic carbocycles. The molecule has 0 radical (unpaired) electrons. The quantitative estimate of drug-likeness (QED) is 0.525. The molecule has 168 valence electrons. The molecule has 0 N–H and O–H groups in total. The zero-order chi connectivity index (χ0) is 23.8. The number of hydrogen-bond acceptors (Lipinski definition) is 3. The normalized spacial score (nSPS) is 16.8. The Hall–Kier alpha value is -4.25. The van der Waals surface area contributed by atoms with Gasteiger partial charge in [-0.15, -0.1) is 0 Å². The van der Waals surface area contributed by atoms with Gasteiger partial charge in [0.15, 0.2) is 0 Å². The predicted molar refractivity (Wildman–Crippen MR) is 132 cm³/mol. The molecule has 0 fully saturated rings. The highest BCUT2D eigenvalue weighted by Gasteiger charge is 2.40. The molecule has 0 bridgehead atoms. The van der Waals surface area contributed by atoms with E-state index in [2.05, 4.69) is 13.2 Å². The monoisotopic (exact) mass is 448 g/mol. The molecule has 0 saturated heterocycles. The van der Waals surface area contributed by atoms with Crippen LogP contribution in [-0.4, -0.2) is 40.1 Å². The van der Waals surface area contributed by atoms with Gasteiger partial charge in [0.05, 0.1) is 23.7 Å². The summed E-state index contributed by atoms with van der Waals surface area (Å²) >= 11 is 0. The molecule has 1 atom stereocenters. The first kappa shape index (κ1) is 21.6. The van der Waals surface area contributed by atoms with Gasteiger partial charge in [0.2, 0.25) is 0 Å². The molecule has 5 heteroatoms. The Balaban J connectivity index is 1.52. The highest BCUT2D eigenvalue weighted by atomic mass is 16.2. The first-order valence-electron chi connectivity index (χ1n) is 11.2. The summed E-state index contributed by atoms with van der Waals surface area (Å²) < 4.78 is 0. The molecule has 2 heterocycles. The van der Waals surface area contributed by atoms with Gasteiger partial charge in [-0.2, -0.15) is 0 Å². The third-order valence-corrected chi connectivity index (χ3v) is 6.68. The van der Waals surface area contributed by atoms with Gasteiger partial charge in [0.25, 0.3) is 17.7 Å². The summed E-state index contributed by atoms with van der Waals surface area (Å²) in [5, 5.41) is 0. The smallest absolute Gasteiger partial charge is 0.261 e. The molecule has 5 nitrogen and oxygen atoms in total. The fourth-order valence-corrected chi connectivity index (χ4v) is 4.93. The molecule has 0 spiro atoms. The average molecular weight is 449 g/mol. The summed E-state index contributed by atoms with van der Waals surface area (Å²) in [7, 11) is 0. The maximum absolute atomic E-state index is 13.9. The van der Waals surface area contributed by atoms with E-state index in [1.54, 1.807) is 47.4 Å². The largest absolute Gasteiger partial charge is 0.329 e. The van der Waals surface area contributed by atoms with Crippen molar-refractivity contribution in [3.63, 3.8) is 0 Å². The number of fused-ring (bicyclic) bond motifs is 2. The van der Waals surface area contributed by atoms with Crippen molar-refractivity contribution < 1.29 is 14.4 Å². The summed E-state index contributed by atoms with van der Waals surface area (Å²) in [4.78, 5) is 43.0. The van der Waals surface area contributed by atoms with E-state index in [1.165, 1.54) is 4.90 Å². The molecule has 2 aliphatic rings. The maximum atomic E-state index is 13.9. The number of benzene rings is 3. The second kappa shape index (κ2) is 8.60. The van der Waals surface area contributed by atoms with Crippen molar-refractivity contribution in [2.24, 2.45) is 0 Å². The van der Waals surface area contributed by atoms with Crippen molar-refractivity contribution in [3.05, 3.63) is 119 Å². The van der Waals surface area contributed by atoms with Crippen LogP contribution < -0.4 is 0 Å². The number of imide groups is 1. The molecular formula is C29H24N2O3. The van der Waals surface area contributed by atoms with Gasteiger partial charge in [-0.25, -0.2) is 0 Å². The van der Waals surface area contributed by atoms with Crippen LogP contribution in [0.5, 0.6) is 0 Å². The van der Waals surface area contributed by atoms with Crippen molar-refractivity contribution >= 4 is 29.9 Å². The van der Waals surface area contributed by atoms with Gasteiger partial charge in [-0.05, 0) is 46.9 Å². The van der Waals surface area contributed by atoms with E-state index in [4.69, 9.17) is 0 Å². The van der Waals surface area contributed by atoms with E-state index in [0.717, 1.165) is 22.3 Å². The molecule has 3 aromatic carbocycles. The van der Waals surface area contributed by atoms with Crippen molar-refractivity contribution in [3.8, 4) is 0 Å². The molecule has 3 amide bonds. The minimum atomic E-state index is -0.352. The minimum absolute atomic E-state index is 0.136. The lowest BCUT2D eigenvalue weighted by atomic mass is 9.92. The highest BCUT2D eigenvalue weighted by molar-refractivity contribution is 6.21. The lowest BCUT2D eigenvalue weighted by Crippen LogP contribution is -2.51. The first-order valence-corrected chi connectivity index (χ1v) is 11.2. The lowest BCUT2D eigenvalue weighted by molar-refractivity contribution is 0.0489. The van der Waals surface area contributed by atoms with E-state index in [0.29, 0.717) is 29.7 Å². The molecule has 5 rings (SSSR count). The molecule has 0 unspecified atom stereocenters. The molecule has 0 saturated carbocycles. The summed E-state index contributed by atoms with van der Waals surface area (Å²) in [6.07, 6.45) is 3.93. The van der Waals surface area contributed by atoms with Crippen LogP contribution in [0, 0.1) is 0 Å². The Kier molecular flexibility index (Phi) is 5.46. The van der Waals surface area contributed by atoms with E-state index < -0.39 is 0 Å². The first-order chi connectivity index (χ1) is 16.5. The maximum Gasteiger partial charge on any atom is 0.261 e. The SMILES string of the molecule is C=Cc1cccc(C(=O)N2Cc3ccccc3C[C@H]2CN2C(=O)c3ccccc3C2=O)c1C=C. The summed E-state index contributed by atoms with van der Waals surface area (Å²) in [5.74, 6) is -0.783. The van der Waals surface area contributed by atoms with Gasteiger partial charge in [0.1, 0.15) is 0 Å². The predicted octanol–water partition coefficient (Wildman–Crippen LogP) is 4.84. The Morgan fingerprint density at radius 1 is 0.853 bits per heavy atom. The second-order valence-corrected chi connectivity index (χ2v) is 8.54. The van der Waals surface area contributed by atoms with Gasteiger partial charge >= 0.3 is 0 Å². The number of amides is 3. The van der Waals surface area contributed by atoms with Crippen LogP contribution in [0.1, 0.15) is 53.3 Å². The van der Waals surface area contributed by atoms with Crippen molar-refractivity contribution in [1.82, 2.24) is 9.80 Å². The van der Waals surface area contributed by atoms with Crippen LogP contribution in [0.4, 0.5) is 0 Å². The number of hydrogen-bond donors (Lipinski definition) is 0. The molecule has 3 aromatic rings. The van der Waals surface area contributed by atoms with E-state index in [-0.39, 0.29) is 30.3 Å². The third kappa shape index (κ3) is 3.46.